The SMILES string of the molecule is COc1ccc(CCC(=O)N2CCN(C(=O)c3nc(N4CCCC4)ncc3Cl)CC2)cc1. The third kappa shape index (κ3) is 5.12. The number of carbonyl (C=O) groups is 2. The van der Waals surface area contributed by atoms with Crippen molar-refractivity contribution in [2.75, 3.05) is 51.3 Å². The summed E-state index contributed by atoms with van der Waals surface area (Å²) in [7, 11) is 1.63. The van der Waals surface area contributed by atoms with Crippen molar-refractivity contribution in [2.45, 2.75) is 25.7 Å². The van der Waals surface area contributed by atoms with E-state index in [-0.39, 0.29) is 22.5 Å². The van der Waals surface area contributed by atoms with Crippen molar-refractivity contribution in [1.29, 1.82) is 0 Å². The molecule has 32 heavy (non-hydrogen) atoms. The van der Waals surface area contributed by atoms with Crippen LogP contribution in [-0.4, -0.2) is 78.0 Å². The van der Waals surface area contributed by atoms with Gasteiger partial charge in [0, 0.05) is 45.7 Å². The van der Waals surface area contributed by atoms with E-state index < -0.39 is 0 Å². The van der Waals surface area contributed by atoms with Crippen LogP contribution in [0.15, 0.2) is 30.5 Å². The second kappa shape index (κ2) is 10.2. The summed E-state index contributed by atoms with van der Waals surface area (Å²) < 4.78 is 5.16. The molecule has 2 fully saturated rings. The van der Waals surface area contributed by atoms with Crippen LogP contribution in [0.1, 0.15) is 35.3 Å². The van der Waals surface area contributed by atoms with Crippen molar-refractivity contribution in [3.05, 3.63) is 46.7 Å². The molecule has 8 nitrogen and oxygen atoms in total. The topological polar surface area (TPSA) is 78.9 Å². The molecular weight excluding hydrogens is 430 g/mol. The van der Waals surface area contributed by atoms with Gasteiger partial charge in [-0.2, -0.15) is 0 Å². The normalized spacial score (nSPS) is 16.4. The molecule has 2 aromatic rings. The Labute approximate surface area is 193 Å². The first-order valence-electron chi connectivity index (χ1n) is 11.0. The van der Waals surface area contributed by atoms with E-state index >= 15 is 0 Å². The van der Waals surface area contributed by atoms with E-state index in [0.29, 0.717) is 45.0 Å². The molecule has 0 spiro atoms. The second-order valence-corrected chi connectivity index (χ2v) is 8.49. The summed E-state index contributed by atoms with van der Waals surface area (Å²) in [6, 6.07) is 7.75. The predicted octanol–water partition coefficient (Wildman–Crippen LogP) is 2.66. The molecule has 2 amide bonds. The van der Waals surface area contributed by atoms with Gasteiger partial charge < -0.3 is 19.4 Å². The number of benzene rings is 1. The van der Waals surface area contributed by atoms with Crippen molar-refractivity contribution in [2.24, 2.45) is 0 Å². The summed E-state index contributed by atoms with van der Waals surface area (Å²) in [5.74, 6) is 1.26. The highest BCUT2D eigenvalue weighted by atomic mass is 35.5. The Bertz CT molecular complexity index is 955. The third-order valence-electron chi connectivity index (χ3n) is 6.03. The standard InChI is InChI=1S/C23H28ClN5O3/c1-32-18-7-4-17(5-8-18)6-9-20(30)27-12-14-28(15-13-27)22(31)21-19(24)16-25-23(26-21)29-10-2-3-11-29/h4-5,7-8,16H,2-3,6,9-15H2,1H3. The molecule has 4 rings (SSSR count). The summed E-state index contributed by atoms with van der Waals surface area (Å²) >= 11 is 6.25. The van der Waals surface area contributed by atoms with Gasteiger partial charge in [0.2, 0.25) is 11.9 Å². The van der Waals surface area contributed by atoms with Crippen molar-refractivity contribution in [3.63, 3.8) is 0 Å². The average molecular weight is 458 g/mol. The summed E-state index contributed by atoms with van der Waals surface area (Å²) in [4.78, 5) is 40.1. The average Bonchev–Trinajstić information content (AvgIpc) is 3.38. The van der Waals surface area contributed by atoms with Crippen LogP contribution < -0.4 is 9.64 Å². The van der Waals surface area contributed by atoms with Crippen LogP contribution >= 0.6 is 11.6 Å². The van der Waals surface area contributed by atoms with Gasteiger partial charge in [-0.3, -0.25) is 9.59 Å². The van der Waals surface area contributed by atoms with Gasteiger partial charge in [-0.25, -0.2) is 9.97 Å². The maximum absolute atomic E-state index is 13.0. The van der Waals surface area contributed by atoms with Gasteiger partial charge in [0.25, 0.3) is 5.91 Å². The molecule has 9 heteroatoms. The number of amides is 2. The number of methoxy groups -OCH3 is 1. The number of nitrogens with zero attached hydrogens (tertiary/aromatic N) is 5. The van der Waals surface area contributed by atoms with Crippen LogP contribution in [0.3, 0.4) is 0 Å². The number of anilines is 1. The monoisotopic (exact) mass is 457 g/mol. The van der Waals surface area contributed by atoms with E-state index in [0.717, 1.165) is 37.2 Å². The summed E-state index contributed by atoms with van der Waals surface area (Å²) in [6.07, 6.45) is 4.83. The van der Waals surface area contributed by atoms with E-state index in [9.17, 15) is 9.59 Å². The third-order valence-corrected chi connectivity index (χ3v) is 6.31. The van der Waals surface area contributed by atoms with Gasteiger partial charge in [-0.1, -0.05) is 23.7 Å². The lowest BCUT2D eigenvalue weighted by atomic mass is 10.1. The van der Waals surface area contributed by atoms with Gasteiger partial charge in [-0.15, -0.1) is 0 Å². The zero-order valence-corrected chi connectivity index (χ0v) is 19.1. The molecule has 3 heterocycles. The Balaban J connectivity index is 1.30. The summed E-state index contributed by atoms with van der Waals surface area (Å²) in [5, 5.41) is 0.260. The molecule has 2 saturated heterocycles. The van der Waals surface area contributed by atoms with Crippen LogP contribution in [0, 0.1) is 0 Å². The fraction of sp³-hybridized carbons (Fsp3) is 0.478. The smallest absolute Gasteiger partial charge is 0.274 e. The first-order valence-corrected chi connectivity index (χ1v) is 11.4. The van der Waals surface area contributed by atoms with Gasteiger partial charge >= 0.3 is 0 Å². The molecule has 1 aromatic carbocycles. The maximum atomic E-state index is 13.0. The van der Waals surface area contributed by atoms with Crippen LogP contribution in [-0.2, 0) is 11.2 Å². The molecule has 2 aliphatic rings. The minimum atomic E-state index is -0.205. The Morgan fingerprint density at radius 2 is 1.66 bits per heavy atom. The Hall–Kier alpha value is -2.87. The molecule has 0 atom stereocenters. The lowest BCUT2D eigenvalue weighted by Gasteiger charge is -2.34. The molecule has 0 radical (unpaired) electrons. The molecule has 170 valence electrons. The van der Waals surface area contributed by atoms with E-state index in [1.54, 1.807) is 12.0 Å². The lowest BCUT2D eigenvalue weighted by molar-refractivity contribution is -0.132. The number of hydrogen-bond donors (Lipinski definition) is 0. The van der Waals surface area contributed by atoms with Gasteiger partial charge in [0.1, 0.15) is 5.75 Å². The molecule has 0 aliphatic carbocycles. The van der Waals surface area contributed by atoms with Crippen molar-refractivity contribution < 1.29 is 14.3 Å². The quantitative estimate of drug-likeness (QED) is 0.663. The number of rotatable bonds is 6. The van der Waals surface area contributed by atoms with Crippen LogP contribution in [0.2, 0.25) is 5.02 Å². The van der Waals surface area contributed by atoms with Gasteiger partial charge in [0.15, 0.2) is 5.69 Å². The fourth-order valence-corrected chi connectivity index (χ4v) is 4.26. The van der Waals surface area contributed by atoms with E-state index in [1.807, 2.05) is 29.2 Å². The molecule has 2 aliphatic heterocycles. The van der Waals surface area contributed by atoms with E-state index in [1.165, 1.54) is 6.20 Å². The summed E-state index contributed by atoms with van der Waals surface area (Å²) in [6.45, 7) is 3.74. The van der Waals surface area contributed by atoms with Crippen LogP contribution in [0.5, 0.6) is 5.75 Å². The summed E-state index contributed by atoms with van der Waals surface area (Å²) in [5.41, 5.74) is 1.34. The Morgan fingerprint density at radius 1 is 1.00 bits per heavy atom. The Morgan fingerprint density at radius 3 is 2.31 bits per heavy atom. The Kier molecular flexibility index (Phi) is 7.09. The molecule has 0 unspecified atom stereocenters. The predicted molar refractivity (Wildman–Crippen MR) is 122 cm³/mol. The number of ether oxygens (including phenoxy) is 1. The van der Waals surface area contributed by atoms with Crippen molar-refractivity contribution >= 4 is 29.4 Å². The number of aromatic nitrogens is 2. The molecular formula is C23H28ClN5O3. The minimum Gasteiger partial charge on any atom is -0.497 e. The zero-order valence-electron chi connectivity index (χ0n) is 18.3. The second-order valence-electron chi connectivity index (χ2n) is 8.08. The number of piperazine rings is 1. The van der Waals surface area contributed by atoms with E-state index in [4.69, 9.17) is 16.3 Å². The van der Waals surface area contributed by atoms with Crippen LogP contribution in [0.4, 0.5) is 5.95 Å². The molecule has 1 aromatic heterocycles. The van der Waals surface area contributed by atoms with Gasteiger partial charge in [0.05, 0.1) is 18.3 Å². The molecule has 0 bridgehead atoms. The maximum Gasteiger partial charge on any atom is 0.274 e. The number of aryl methyl sites for hydroxylation is 1. The molecule has 0 N–H and O–H groups in total. The van der Waals surface area contributed by atoms with Crippen LogP contribution in [0.25, 0.3) is 0 Å². The lowest BCUT2D eigenvalue weighted by Crippen LogP contribution is -2.50. The van der Waals surface area contributed by atoms with E-state index in [2.05, 4.69) is 14.9 Å². The molecule has 0 saturated carbocycles. The highest BCUT2D eigenvalue weighted by Crippen LogP contribution is 2.22. The van der Waals surface area contributed by atoms with Crippen molar-refractivity contribution in [3.8, 4) is 5.75 Å². The number of carbonyl (C=O) groups excluding carboxylic acids is 2. The fourth-order valence-electron chi connectivity index (χ4n) is 4.09. The number of hydrogen-bond acceptors (Lipinski definition) is 6. The largest absolute Gasteiger partial charge is 0.497 e. The highest BCUT2D eigenvalue weighted by Gasteiger charge is 2.28. The first-order chi connectivity index (χ1) is 15.5. The zero-order chi connectivity index (χ0) is 22.5. The number of halogens is 1. The van der Waals surface area contributed by atoms with Crippen molar-refractivity contribution in [1.82, 2.24) is 19.8 Å². The first kappa shape index (κ1) is 22.3. The van der Waals surface area contributed by atoms with Gasteiger partial charge in [-0.05, 0) is 37.0 Å². The minimum absolute atomic E-state index is 0.101. The highest BCUT2D eigenvalue weighted by molar-refractivity contribution is 6.33.